The van der Waals surface area contributed by atoms with Crippen LogP contribution in [0.5, 0.6) is 0 Å². The van der Waals surface area contributed by atoms with Gasteiger partial charge in [-0.3, -0.25) is 4.90 Å². The fourth-order valence-electron chi connectivity index (χ4n) is 1.19. The molecule has 66 valence electrons. The Labute approximate surface area is 70.7 Å². The second-order valence-electron chi connectivity index (χ2n) is 3.06. The van der Waals surface area contributed by atoms with Crippen molar-refractivity contribution >= 4 is 0 Å². The van der Waals surface area contributed by atoms with Crippen LogP contribution in [-0.4, -0.2) is 41.2 Å². The van der Waals surface area contributed by atoms with Crippen molar-refractivity contribution < 1.29 is 4.52 Å². The second-order valence-corrected chi connectivity index (χ2v) is 3.06. The summed E-state index contributed by atoms with van der Waals surface area (Å²) in [6.07, 6.45) is 1.43. The second kappa shape index (κ2) is 3.20. The molecule has 0 amide bonds. The van der Waals surface area contributed by atoms with Crippen LogP contribution in [-0.2, 0) is 6.54 Å². The molecule has 0 aliphatic carbocycles. The first kappa shape index (κ1) is 7.70. The number of likely N-dealkylation sites (N-methyl/N-ethyl adjacent to an activating group) is 1. The fraction of sp³-hybridized carbons (Fsp3) is 0.714. The van der Waals surface area contributed by atoms with Gasteiger partial charge >= 0.3 is 0 Å². The van der Waals surface area contributed by atoms with Gasteiger partial charge in [-0.2, -0.15) is 4.98 Å². The minimum atomic E-state index is 0.622. The van der Waals surface area contributed by atoms with Gasteiger partial charge in [0.15, 0.2) is 6.33 Å². The van der Waals surface area contributed by atoms with Crippen molar-refractivity contribution in [2.75, 3.05) is 20.1 Å². The summed E-state index contributed by atoms with van der Waals surface area (Å²) < 4.78 is 4.90. The largest absolute Gasteiger partial charge is 0.338 e. The molecule has 5 heteroatoms. The molecule has 1 aliphatic heterocycles. The maximum absolute atomic E-state index is 4.90. The van der Waals surface area contributed by atoms with E-state index in [1.165, 1.54) is 6.33 Å². The smallest absolute Gasteiger partial charge is 0.240 e. The molecular weight excluding hydrogens is 156 g/mol. The summed E-state index contributed by atoms with van der Waals surface area (Å²) in [6, 6.07) is 0.622. The van der Waals surface area contributed by atoms with Gasteiger partial charge in [-0.1, -0.05) is 5.16 Å². The Kier molecular flexibility index (Phi) is 2.05. The molecule has 0 saturated carbocycles. The number of aromatic nitrogens is 2. The monoisotopic (exact) mass is 168 g/mol. The van der Waals surface area contributed by atoms with E-state index in [9.17, 15) is 0 Å². The topological polar surface area (TPSA) is 54.2 Å². The Morgan fingerprint density at radius 1 is 1.75 bits per heavy atom. The molecule has 12 heavy (non-hydrogen) atoms. The van der Waals surface area contributed by atoms with Crippen LogP contribution in [0.1, 0.15) is 5.89 Å². The average Bonchev–Trinajstić information content (AvgIpc) is 2.34. The van der Waals surface area contributed by atoms with Crippen molar-refractivity contribution in [3.63, 3.8) is 0 Å². The zero-order valence-corrected chi connectivity index (χ0v) is 7.03. The lowest BCUT2D eigenvalue weighted by atomic mass is 10.1. The lowest BCUT2D eigenvalue weighted by Gasteiger charge is -2.34. The van der Waals surface area contributed by atoms with Crippen LogP contribution in [0.15, 0.2) is 10.9 Å². The van der Waals surface area contributed by atoms with E-state index in [4.69, 9.17) is 4.52 Å². The zero-order valence-electron chi connectivity index (χ0n) is 7.03. The minimum Gasteiger partial charge on any atom is -0.338 e. The van der Waals surface area contributed by atoms with Gasteiger partial charge in [-0.05, 0) is 7.05 Å². The molecule has 1 fully saturated rings. The third-order valence-corrected chi connectivity index (χ3v) is 2.17. The molecule has 0 spiro atoms. The van der Waals surface area contributed by atoms with Gasteiger partial charge in [-0.15, -0.1) is 0 Å². The van der Waals surface area contributed by atoms with Crippen molar-refractivity contribution in [3.8, 4) is 0 Å². The lowest BCUT2D eigenvalue weighted by molar-refractivity contribution is 0.155. The molecule has 1 saturated heterocycles. The quantitative estimate of drug-likeness (QED) is 0.657. The van der Waals surface area contributed by atoms with Crippen LogP contribution in [0.25, 0.3) is 0 Å². The van der Waals surface area contributed by atoms with E-state index in [0.717, 1.165) is 19.6 Å². The van der Waals surface area contributed by atoms with E-state index >= 15 is 0 Å². The number of hydrogen-bond acceptors (Lipinski definition) is 5. The van der Waals surface area contributed by atoms with E-state index in [2.05, 4.69) is 27.4 Å². The molecule has 0 bridgehead atoms. The molecule has 1 aromatic heterocycles. The van der Waals surface area contributed by atoms with E-state index in [1.54, 1.807) is 0 Å². The number of rotatable bonds is 3. The summed E-state index contributed by atoms with van der Waals surface area (Å²) in [6.45, 7) is 2.86. The van der Waals surface area contributed by atoms with Crippen molar-refractivity contribution in [2.45, 2.75) is 12.6 Å². The summed E-state index contributed by atoms with van der Waals surface area (Å²) in [5, 5.41) is 6.76. The van der Waals surface area contributed by atoms with Gasteiger partial charge in [0.2, 0.25) is 5.89 Å². The first-order chi connectivity index (χ1) is 5.86. The van der Waals surface area contributed by atoms with Gasteiger partial charge in [0.25, 0.3) is 0 Å². The normalized spacial score (nSPS) is 18.2. The van der Waals surface area contributed by atoms with Crippen molar-refractivity contribution in [2.24, 2.45) is 0 Å². The highest BCUT2D eigenvalue weighted by atomic mass is 16.5. The molecule has 0 radical (unpaired) electrons. The van der Waals surface area contributed by atoms with Crippen molar-refractivity contribution in [3.05, 3.63) is 12.2 Å². The molecule has 5 nitrogen and oxygen atoms in total. The third kappa shape index (κ3) is 1.46. The molecule has 0 unspecified atom stereocenters. The molecule has 2 heterocycles. The van der Waals surface area contributed by atoms with Gasteiger partial charge < -0.3 is 9.84 Å². The highest BCUT2D eigenvalue weighted by molar-refractivity contribution is 4.85. The van der Waals surface area contributed by atoms with Crippen LogP contribution >= 0.6 is 0 Å². The Hall–Kier alpha value is -0.940. The molecular formula is C7H12N4O. The first-order valence-electron chi connectivity index (χ1n) is 4.03. The Balaban J connectivity index is 1.86. The SMILES string of the molecule is CN(Cc1ncno1)C1CNC1. The number of nitrogens with one attached hydrogen (secondary N) is 1. The van der Waals surface area contributed by atoms with Crippen LogP contribution in [0, 0.1) is 0 Å². The molecule has 1 N–H and O–H groups in total. The minimum absolute atomic E-state index is 0.622. The lowest BCUT2D eigenvalue weighted by Crippen LogP contribution is -2.55. The molecule has 0 atom stereocenters. The maximum Gasteiger partial charge on any atom is 0.240 e. The summed E-state index contributed by atoms with van der Waals surface area (Å²) >= 11 is 0. The summed E-state index contributed by atoms with van der Waals surface area (Å²) in [4.78, 5) is 6.17. The van der Waals surface area contributed by atoms with Crippen molar-refractivity contribution in [1.29, 1.82) is 0 Å². The standard InChI is InChI=1S/C7H12N4O/c1-11(6-2-8-3-6)4-7-9-5-10-12-7/h5-6,8H,2-4H2,1H3. The van der Waals surface area contributed by atoms with Crippen LogP contribution in [0.4, 0.5) is 0 Å². The zero-order chi connectivity index (χ0) is 8.39. The fourth-order valence-corrected chi connectivity index (χ4v) is 1.19. The van der Waals surface area contributed by atoms with E-state index in [-0.39, 0.29) is 0 Å². The summed E-state index contributed by atoms with van der Waals surface area (Å²) in [7, 11) is 2.07. The predicted molar refractivity (Wildman–Crippen MR) is 42.4 cm³/mol. The van der Waals surface area contributed by atoms with Crippen molar-refractivity contribution in [1.82, 2.24) is 20.4 Å². The van der Waals surface area contributed by atoms with Crippen LogP contribution < -0.4 is 5.32 Å². The molecule has 0 aromatic carbocycles. The van der Waals surface area contributed by atoms with E-state index < -0.39 is 0 Å². The highest BCUT2D eigenvalue weighted by Crippen LogP contribution is 2.05. The van der Waals surface area contributed by atoms with E-state index in [1.807, 2.05) is 0 Å². The van der Waals surface area contributed by atoms with Gasteiger partial charge in [0, 0.05) is 19.1 Å². The first-order valence-corrected chi connectivity index (χ1v) is 4.03. The summed E-state index contributed by atoms with van der Waals surface area (Å²) in [5.41, 5.74) is 0. The Bertz CT molecular complexity index is 232. The number of hydrogen-bond donors (Lipinski definition) is 1. The van der Waals surface area contributed by atoms with Crippen LogP contribution in [0.3, 0.4) is 0 Å². The molecule has 1 aliphatic rings. The third-order valence-electron chi connectivity index (χ3n) is 2.17. The van der Waals surface area contributed by atoms with Gasteiger partial charge in [-0.25, -0.2) is 0 Å². The Morgan fingerprint density at radius 3 is 3.08 bits per heavy atom. The van der Waals surface area contributed by atoms with Crippen LogP contribution in [0.2, 0.25) is 0 Å². The van der Waals surface area contributed by atoms with Gasteiger partial charge in [0.05, 0.1) is 6.54 Å². The van der Waals surface area contributed by atoms with Gasteiger partial charge in [0.1, 0.15) is 0 Å². The Morgan fingerprint density at radius 2 is 2.58 bits per heavy atom. The van der Waals surface area contributed by atoms with E-state index in [0.29, 0.717) is 11.9 Å². The summed E-state index contributed by atoms with van der Waals surface area (Å²) in [5.74, 6) is 0.685. The average molecular weight is 168 g/mol. The molecule has 1 aromatic rings. The molecule has 2 rings (SSSR count). The maximum atomic E-state index is 4.90. The highest BCUT2D eigenvalue weighted by Gasteiger charge is 2.22. The predicted octanol–water partition coefficient (Wildman–Crippen LogP) is -0.527. The number of nitrogens with zero attached hydrogens (tertiary/aromatic N) is 3.